The summed E-state index contributed by atoms with van der Waals surface area (Å²) in [5, 5.41) is 0. The molecular weight excluding hydrogens is 360 g/mol. The van der Waals surface area contributed by atoms with E-state index >= 15 is 0 Å². The van der Waals surface area contributed by atoms with Gasteiger partial charge in [-0.15, -0.1) is 0 Å². The summed E-state index contributed by atoms with van der Waals surface area (Å²) in [6, 6.07) is 31.7. The van der Waals surface area contributed by atoms with E-state index in [0.29, 0.717) is 5.92 Å². The molecule has 1 aliphatic rings. The van der Waals surface area contributed by atoms with Crippen molar-refractivity contribution in [1.29, 1.82) is 0 Å². The van der Waals surface area contributed by atoms with E-state index in [1.54, 1.807) is 0 Å². The largest absolute Gasteiger partial charge is 0.0625 e. The number of fused-ring (bicyclic) bond motifs is 3. The fraction of sp³-hybridized carbons (Fsp3) is 0.200. The zero-order valence-corrected chi connectivity index (χ0v) is 18.1. The molecule has 0 saturated heterocycles. The molecule has 4 aromatic carbocycles. The van der Waals surface area contributed by atoms with Gasteiger partial charge in [0.1, 0.15) is 0 Å². The van der Waals surface area contributed by atoms with Crippen LogP contribution < -0.4 is 0 Å². The Balaban J connectivity index is 1.68. The van der Waals surface area contributed by atoms with Crippen LogP contribution in [0.25, 0.3) is 33.4 Å². The molecule has 0 atom stereocenters. The fourth-order valence-electron chi connectivity index (χ4n) is 4.79. The Morgan fingerprint density at radius 1 is 0.667 bits per heavy atom. The number of hydrogen-bond donors (Lipinski definition) is 0. The van der Waals surface area contributed by atoms with Crippen LogP contribution in [0, 0.1) is 12.8 Å². The summed E-state index contributed by atoms with van der Waals surface area (Å²) < 4.78 is 0. The average Bonchev–Trinajstić information content (AvgIpc) is 3.13. The third kappa shape index (κ3) is 3.37. The number of rotatable bonds is 4. The molecule has 0 saturated carbocycles. The Morgan fingerprint density at radius 3 is 2.07 bits per heavy atom. The van der Waals surface area contributed by atoms with Crippen LogP contribution in [0.5, 0.6) is 0 Å². The highest BCUT2D eigenvalue weighted by Gasteiger charge is 2.24. The molecule has 0 nitrogen and oxygen atoms in total. The quantitative estimate of drug-likeness (QED) is 0.292. The van der Waals surface area contributed by atoms with Crippen LogP contribution in [0.1, 0.15) is 36.1 Å². The minimum Gasteiger partial charge on any atom is -0.0625 e. The van der Waals surface area contributed by atoms with Gasteiger partial charge in [-0.2, -0.15) is 0 Å². The van der Waals surface area contributed by atoms with Crippen molar-refractivity contribution in [1.82, 2.24) is 0 Å². The molecule has 0 fully saturated rings. The minimum atomic E-state index is 0.678. The lowest BCUT2D eigenvalue weighted by molar-refractivity contribution is 0.647. The summed E-state index contributed by atoms with van der Waals surface area (Å²) >= 11 is 0. The third-order valence-electron chi connectivity index (χ3n) is 6.24. The van der Waals surface area contributed by atoms with Gasteiger partial charge in [0.25, 0.3) is 0 Å². The second-order valence-corrected chi connectivity index (χ2v) is 9.01. The number of aryl methyl sites for hydroxylation is 1. The van der Waals surface area contributed by atoms with Crippen molar-refractivity contribution in [3.8, 4) is 33.4 Å². The van der Waals surface area contributed by atoms with E-state index in [2.05, 4.69) is 106 Å². The summed E-state index contributed by atoms with van der Waals surface area (Å²) in [6.07, 6.45) is 2.14. The molecule has 0 aliphatic heterocycles. The molecule has 0 aromatic heterocycles. The highest BCUT2D eigenvalue weighted by Crippen LogP contribution is 2.45. The fourth-order valence-corrected chi connectivity index (χ4v) is 4.79. The van der Waals surface area contributed by atoms with Crippen LogP contribution >= 0.6 is 0 Å². The van der Waals surface area contributed by atoms with Gasteiger partial charge >= 0.3 is 0 Å². The predicted molar refractivity (Wildman–Crippen MR) is 129 cm³/mol. The molecule has 0 spiro atoms. The molecule has 0 N–H and O–H groups in total. The van der Waals surface area contributed by atoms with Crippen LogP contribution in [0.2, 0.25) is 0 Å². The van der Waals surface area contributed by atoms with Gasteiger partial charge in [0, 0.05) is 0 Å². The van der Waals surface area contributed by atoms with E-state index in [1.165, 1.54) is 55.6 Å². The third-order valence-corrected chi connectivity index (χ3v) is 6.24. The summed E-state index contributed by atoms with van der Waals surface area (Å²) in [4.78, 5) is 0. The second kappa shape index (κ2) is 7.61. The van der Waals surface area contributed by atoms with Crippen molar-refractivity contribution in [3.63, 3.8) is 0 Å². The smallest absolute Gasteiger partial charge is 0.000706 e. The first-order valence-electron chi connectivity index (χ1n) is 11.0. The van der Waals surface area contributed by atoms with Gasteiger partial charge in [0.2, 0.25) is 0 Å². The van der Waals surface area contributed by atoms with E-state index in [4.69, 9.17) is 0 Å². The standard InChI is InChI=1S/C30H28/c1-20(2)18-22-10-14-23(15-11-22)27-16-17-28-26-7-5-4-6-25(26)19-29(28)30(27)24-12-8-21(3)9-13-24/h4-17,20H,18-19H2,1-3H3. The van der Waals surface area contributed by atoms with Crippen molar-refractivity contribution in [2.45, 2.75) is 33.6 Å². The minimum absolute atomic E-state index is 0.678. The zero-order valence-electron chi connectivity index (χ0n) is 18.1. The van der Waals surface area contributed by atoms with E-state index < -0.39 is 0 Å². The lowest BCUT2D eigenvalue weighted by Gasteiger charge is -2.17. The molecule has 0 heteroatoms. The maximum absolute atomic E-state index is 2.33. The molecule has 1 aliphatic carbocycles. The Labute approximate surface area is 180 Å². The average molecular weight is 389 g/mol. The second-order valence-electron chi connectivity index (χ2n) is 9.01. The molecule has 0 unspecified atom stereocenters. The first-order chi connectivity index (χ1) is 14.6. The van der Waals surface area contributed by atoms with Gasteiger partial charge in [-0.3, -0.25) is 0 Å². The van der Waals surface area contributed by atoms with E-state index in [-0.39, 0.29) is 0 Å². The first kappa shape index (κ1) is 18.9. The molecule has 0 bridgehead atoms. The molecule has 30 heavy (non-hydrogen) atoms. The molecule has 148 valence electrons. The topological polar surface area (TPSA) is 0 Å². The van der Waals surface area contributed by atoms with E-state index in [9.17, 15) is 0 Å². The van der Waals surface area contributed by atoms with Crippen molar-refractivity contribution >= 4 is 0 Å². The van der Waals surface area contributed by atoms with Crippen molar-refractivity contribution < 1.29 is 0 Å². The van der Waals surface area contributed by atoms with E-state index in [1.807, 2.05) is 0 Å². The summed E-state index contributed by atoms with van der Waals surface area (Å²) in [6.45, 7) is 6.71. The normalized spacial score (nSPS) is 12.1. The summed E-state index contributed by atoms with van der Waals surface area (Å²) in [7, 11) is 0. The highest BCUT2D eigenvalue weighted by atomic mass is 14.3. The van der Waals surface area contributed by atoms with Crippen molar-refractivity contribution in [2.75, 3.05) is 0 Å². The van der Waals surface area contributed by atoms with Gasteiger partial charge in [-0.1, -0.05) is 104 Å². The molecule has 0 heterocycles. The molecule has 5 rings (SSSR count). The van der Waals surface area contributed by atoms with Gasteiger partial charge in [0.15, 0.2) is 0 Å². The van der Waals surface area contributed by atoms with Gasteiger partial charge in [-0.05, 0) is 75.8 Å². The SMILES string of the molecule is Cc1ccc(-c2c(-c3ccc(CC(C)C)cc3)ccc3c2Cc2ccccc2-3)cc1. The lowest BCUT2D eigenvalue weighted by Crippen LogP contribution is -1.95. The Kier molecular flexibility index (Phi) is 4.79. The molecule has 0 amide bonds. The molecule has 0 radical (unpaired) electrons. The molecular formula is C30H28. The van der Waals surface area contributed by atoms with Gasteiger partial charge < -0.3 is 0 Å². The Morgan fingerprint density at radius 2 is 1.33 bits per heavy atom. The zero-order chi connectivity index (χ0) is 20.7. The maximum atomic E-state index is 2.33. The van der Waals surface area contributed by atoms with Crippen LogP contribution in [0.15, 0.2) is 84.9 Å². The highest BCUT2D eigenvalue weighted by molar-refractivity contribution is 5.93. The van der Waals surface area contributed by atoms with Crippen molar-refractivity contribution in [3.05, 3.63) is 107 Å². The maximum Gasteiger partial charge on any atom is -0.000706 e. The predicted octanol–water partition coefficient (Wildman–Crippen LogP) is 8.10. The summed E-state index contributed by atoms with van der Waals surface area (Å²) in [5.41, 5.74) is 13.7. The first-order valence-corrected chi connectivity index (χ1v) is 11.0. The summed E-state index contributed by atoms with van der Waals surface area (Å²) in [5.74, 6) is 0.678. The van der Waals surface area contributed by atoms with Crippen LogP contribution in [0.4, 0.5) is 0 Å². The lowest BCUT2D eigenvalue weighted by atomic mass is 9.87. The van der Waals surface area contributed by atoms with E-state index in [0.717, 1.165) is 12.8 Å². The van der Waals surface area contributed by atoms with Crippen LogP contribution in [-0.4, -0.2) is 0 Å². The monoisotopic (exact) mass is 388 g/mol. The number of hydrogen-bond acceptors (Lipinski definition) is 0. The van der Waals surface area contributed by atoms with Crippen LogP contribution in [-0.2, 0) is 12.8 Å². The molecule has 4 aromatic rings. The Bertz CT molecular complexity index is 1190. The van der Waals surface area contributed by atoms with Crippen LogP contribution in [0.3, 0.4) is 0 Å². The Hall–Kier alpha value is -3.12. The van der Waals surface area contributed by atoms with Gasteiger partial charge in [0.05, 0.1) is 0 Å². The van der Waals surface area contributed by atoms with Gasteiger partial charge in [-0.25, -0.2) is 0 Å². The van der Waals surface area contributed by atoms with Crippen molar-refractivity contribution in [2.24, 2.45) is 5.92 Å². The number of benzene rings is 4.